The lowest BCUT2D eigenvalue weighted by Crippen LogP contribution is -2.02. The van der Waals surface area contributed by atoms with E-state index < -0.39 is 0 Å². The summed E-state index contributed by atoms with van der Waals surface area (Å²) in [6.45, 7) is 2.09. The number of thiophene rings is 1. The van der Waals surface area contributed by atoms with Gasteiger partial charge < -0.3 is 0 Å². The molecule has 0 bridgehead atoms. The van der Waals surface area contributed by atoms with Crippen molar-refractivity contribution in [2.24, 2.45) is 0 Å². The fourth-order valence-corrected chi connectivity index (χ4v) is 4.81. The summed E-state index contributed by atoms with van der Waals surface area (Å²) in [5.74, 6) is 0.774. The summed E-state index contributed by atoms with van der Waals surface area (Å²) in [5, 5.41) is 12.7. The van der Waals surface area contributed by atoms with E-state index in [0.29, 0.717) is 0 Å². The maximum absolute atomic E-state index is 4.50. The third-order valence-electron chi connectivity index (χ3n) is 4.33. The van der Waals surface area contributed by atoms with Gasteiger partial charge in [0.15, 0.2) is 5.82 Å². The molecule has 0 aliphatic rings. The second-order valence-electron chi connectivity index (χ2n) is 6.08. The zero-order valence-corrected chi connectivity index (χ0v) is 16.5. The molecule has 0 amide bonds. The number of para-hydroxylation sites is 1. The van der Waals surface area contributed by atoms with Crippen molar-refractivity contribution >= 4 is 33.3 Å². The SMILES string of the molecule is Cc1ccccc1-n1c(Sc2ncnc3ccsc23)nnc1-c1ccncc1. The van der Waals surface area contributed by atoms with Crippen molar-refractivity contribution in [3.63, 3.8) is 0 Å². The topological polar surface area (TPSA) is 69.4 Å². The van der Waals surface area contributed by atoms with Gasteiger partial charge in [-0.2, -0.15) is 0 Å². The number of benzene rings is 1. The van der Waals surface area contributed by atoms with Crippen LogP contribution in [0.3, 0.4) is 0 Å². The van der Waals surface area contributed by atoms with E-state index >= 15 is 0 Å². The number of rotatable bonds is 4. The molecule has 0 saturated heterocycles. The first kappa shape index (κ1) is 17.0. The van der Waals surface area contributed by atoms with Gasteiger partial charge in [0.05, 0.1) is 15.9 Å². The second-order valence-corrected chi connectivity index (χ2v) is 7.95. The van der Waals surface area contributed by atoms with Crippen LogP contribution < -0.4 is 0 Å². The number of pyridine rings is 1. The molecular weight excluding hydrogens is 388 g/mol. The highest BCUT2D eigenvalue weighted by atomic mass is 32.2. The Morgan fingerprint density at radius 3 is 2.68 bits per heavy atom. The molecule has 5 aromatic rings. The van der Waals surface area contributed by atoms with Crippen LogP contribution in [0.2, 0.25) is 0 Å². The minimum absolute atomic E-state index is 0.759. The normalized spacial score (nSPS) is 11.2. The van der Waals surface area contributed by atoms with Crippen LogP contribution in [-0.2, 0) is 0 Å². The molecule has 5 rings (SSSR count). The fourth-order valence-electron chi connectivity index (χ4n) is 2.98. The minimum atomic E-state index is 0.759. The zero-order chi connectivity index (χ0) is 18.9. The maximum atomic E-state index is 4.50. The lowest BCUT2D eigenvalue weighted by atomic mass is 10.2. The molecule has 0 fully saturated rings. The molecule has 0 N–H and O–H groups in total. The Hall–Kier alpha value is -3.10. The average Bonchev–Trinajstić information content (AvgIpc) is 3.37. The molecule has 136 valence electrons. The lowest BCUT2D eigenvalue weighted by Gasteiger charge is -2.12. The summed E-state index contributed by atoms with van der Waals surface area (Å²) in [6.07, 6.45) is 5.12. The highest BCUT2D eigenvalue weighted by molar-refractivity contribution is 7.99. The molecule has 1 aromatic carbocycles. The van der Waals surface area contributed by atoms with E-state index in [4.69, 9.17) is 0 Å². The van der Waals surface area contributed by atoms with E-state index in [0.717, 1.165) is 43.0 Å². The van der Waals surface area contributed by atoms with Gasteiger partial charge in [-0.1, -0.05) is 18.2 Å². The molecule has 0 aliphatic carbocycles. The van der Waals surface area contributed by atoms with Crippen molar-refractivity contribution in [3.05, 3.63) is 72.1 Å². The molecule has 4 heterocycles. The predicted octanol–water partition coefficient (Wildman–Crippen LogP) is 4.79. The second kappa shape index (κ2) is 7.14. The number of aryl methyl sites for hydroxylation is 1. The van der Waals surface area contributed by atoms with Crippen molar-refractivity contribution in [1.29, 1.82) is 0 Å². The highest BCUT2D eigenvalue weighted by Crippen LogP contribution is 2.36. The molecule has 28 heavy (non-hydrogen) atoms. The summed E-state index contributed by atoms with van der Waals surface area (Å²) >= 11 is 3.13. The quantitative estimate of drug-likeness (QED) is 0.403. The zero-order valence-electron chi connectivity index (χ0n) is 14.9. The van der Waals surface area contributed by atoms with Crippen LogP contribution in [0.25, 0.3) is 27.3 Å². The Bertz CT molecular complexity index is 1260. The molecular formula is C20H14N6S2. The summed E-state index contributed by atoms with van der Waals surface area (Å²) < 4.78 is 3.13. The molecule has 0 saturated carbocycles. The monoisotopic (exact) mass is 402 g/mol. The molecule has 0 atom stereocenters. The number of nitrogens with zero attached hydrogens (tertiary/aromatic N) is 6. The van der Waals surface area contributed by atoms with Crippen molar-refractivity contribution in [3.8, 4) is 17.1 Å². The Balaban J connectivity index is 1.69. The van der Waals surface area contributed by atoms with E-state index in [2.05, 4.69) is 48.8 Å². The van der Waals surface area contributed by atoms with Gasteiger partial charge in [0.2, 0.25) is 5.16 Å². The van der Waals surface area contributed by atoms with Gasteiger partial charge in [-0.3, -0.25) is 9.55 Å². The van der Waals surface area contributed by atoms with Crippen molar-refractivity contribution in [2.45, 2.75) is 17.1 Å². The van der Waals surface area contributed by atoms with Crippen molar-refractivity contribution in [1.82, 2.24) is 29.7 Å². The Morgan fingerprint density at radius 1 is 0.964 bits per heavy atom. The van der Waals surface area contributed by atoms with E-state index in [1.165, 1.54) is 11.8 Å². The number of hydrogen-bond donors (Lipinski definition) is 0. The smallest absolute Gasteiger partial charge is 0.202 e. The van der Waals surface area contributed by atoms with Crippen LogP contribution in [-0.4, -0.2) is 29.7 Å². The maximum Gasteiger partial charge on any atom is 0.202 e. The predicted molar refractivity (Wildman–Crippen MR) is 111 cm³/mol. The van der Waals surface area contributed by atoms with Crippen molar-refractivity contribution in [2.75, 3.05) is 0 Å². The molecule has 0 aliphatic heterocycles. The largest absolute Gasteiger partial charge is 0.269 e. The van der Waals surface area contributed by atoms with E-state index in [-0.39, 0.29) is 0 Å². The van der Waals surface area contributed by atoms with Crippen molar-refractivity contribution < 1.29 is 0 Å². The van der Waals surface area contributed by atoms with E-state index in [1.807, 2.05) is 35.7 Å². The average molecular weight is 403 g/mol. The Morgan fingerprint density at radius 2 is 1.82 bits per heavy atom. The molecule has 0 spiro atoms. The first-order chi connectivity index (χ1) is 13.8. The molecule has 4 aromatic heterocycles. The summed E-state index contributed by atoms with van der Waals surface area (Å²) in [5.41, 5.74) is 4.09. The summed E-state index contributed by atoms with van der Waals surface area (Å²) in [6, 6.07) is 14.1. The number of fused-ring (bicyclic) bond motifs is 1. The molecule has 6 nitrogen and oxygen atoms in total. The third kappa shape index (κ3) is 2.96. The summed E-state index contributed by atoms with van der Waals surface area (Å²) in [4.78, 5) is 12.9. The standard InChI is InChI=1S/C20H14N6S2/c1-13-4-2-3-5-16(13)26-18(14-6-9-21-10-7-14)24-25-20(26)28-19-17-15(8-11-27-17)22-12-23-19/h2-12H,1H3. The van der Waals surface area contributed by atoms with Crippen LogP contribution in [0.5, 0.6) is 0 Å². The highest BCUT2D eigenvalue weighted by Gasteiger charge is 2.19. The minimum Gasteiger partial charge on any atom is -0.269 e. The van der Waals surface area contributed by atoms with Gasteiger partial charge in [0.1, 0.15) is 11.4 Å². The van der Waals surface area contributed by atoms with Crippen LogP contribution >= 0.6 is 23.1 Å². The van der Waals surface area contributed by atoms with Gasteiger partial charge in [0, 0.05) is 18.0 Å². The van der Waals surface area contributed by atoms with Gasteiger partial charge in [-0.05, 0) is 53.9 Å². The summed E-state index contributed by atoms with van der Waals surface area (Å²) in [7, 11) is 0. The van der Waals surface area contributed by atoms with Crippen LogP contribution in [0.4, 0.5) is 0 Å². The number of hydrogen-bond acceptors (Lipinski definition) is 7. The van der Waals surface area contributed by atoms with Crippen LogP contribution in [0.1, 0.15) is 5.56 Å². The van der Waals surface area contributed by atoms with Gasteiger partial charge in [0.25, 0.3) is 0 Å². The first-order valence-corrected chi connectivity index (χ1v) is 10.3. The van der Waals surface area contributed by atoms with Gasteiger partial charge >= 0.3 is 0 Å². The fraction of sp³-hybridized carbons (Fsp3) is 0.0500. The molecule has 0 unspecified atom stereocenters. The lowest BCUT2D eigenvalue weighted by molar-refractivity contribution is 0.878. The van der Waals surface area contributed by atoms with E-state index in [9.17, 15) is 0 Å². The molecule has 8 heteroatoms. The van der Waals surface area contributed by atoms with Crippen LogP contribution in [0, 0.1) is 6.92 Å². The number of aromatic nitrogens is 6. The Labute approximate surface area is 169 Å². The van der Waals surface area contributed by atoms with Gasteiger partial charge in [-0.15, -0.1) is 21.5 Å². The van der Waals surface area contributed by atoms with E-state index in [1.54, 1.807) is 30.1 Å². The first-order valence-electron chi connectivity index (χ1n) is 8.59. The van der Waals surface area contributed by atoms with Gasteiger partial charge in [-0.25, -0.2) is 9.97 Å². The Kier molecular flexibility index (Phi) is 4.34. The molecule has 0 radical (unpaired) electrons. The third-order valence-corrected chi connectivity index (χ3v) is 6.32. The van der Waals surface area contributed by atoms with Crippen LogP contribution in [0.15, 0.2) is 76.7 Å².